The largest absolute Gasteiger partial charge is 0.493 e. The van der Waals surface area contributed by atoms with Crippen LogP contribution in [0.3, 0.4) is 0 Å². The first-order valence-electron chi connectivity index (χ1n) is 7.31. The second kappa shape index (κ2) is 9.38. The minimum Gasteiger partial charge on any atom is -0.493 e. The molecule has 1 rings (SSSR count). The molecule has 2 heteroatoms. The minimum absolute atomic E-state index is 0.778. The van der Waals surface area contributed by atoms with Gasteiger partial charge in [-0.1, -0.05) is 29.8 Å². The number of unbranched alkanes of at least 4 members (excludes halogenated alkanes) is 1. The van der Waals surface area contributed by atoms with Gasteiger partial charge >= 0.3 is 0 Å². The second-order valence-corrected chi connectivity index (χ2v) is 5.16. The van der Waals surface area contributed by atoms with Crippen LogP contribution in [0.4, 0.5) is 0 Å². The third-order valence-corrected chi connectivity index (χ3v) is 3.23. The Balaban J connectivity index is 2.24. The Morgan fingerprint density at radius 2 is 1.80 bits per heavy atom. The number of hydrogen-bond donors (Lipinski definition) is 0. The molecule has 0 unspecified atom stereocenters. The number of benzene rings is 1. The fourth-order valence-corrected chi connectivity index (χ4v) is 2.20. The fourth-order valence-electron chi connectivity index (χ4n) is 2.20. The van der Waals surface area contributed by atoms with E-state index in [0.29, 0.717) is 0 Å². The molecule has 0 aliphatic carbocycles. The van der Waals surface area contributed by atoms with E-state index < -0.39 is 0 Å². The van der Waals surface area contributed by atoms with E-state index in [-0.39, 0.29) is 0 Å². The first kappa shape index (κ1) is 16.5. The van der Waals surface area contributed by atoms with Gasteiger partial charge in [-0.3, -0.25) is 4.90 Å². The summed E-state index contributed by atoms with van der Waals surface area (Å²) in [7, 11) is 0. The van der Waals surface area contributed by atoms with Crippen molar-refractivity contribution in [3.63, 3.8) is 0 Å². The van der Waals surface area contributed by atoms with Crippen molar-refractivity contribution in [3.05, 3.63) is 54.6 Å². The molecule has 0 radical (unpaired) electrons. The SMILES string of the molecule is C=CCN(CC=C)CCCCOc1ccc(C)cc1C. The van der Waals surface area contributed by atoms with Crippen LogP contribution in [0.5, 0.6) is 5.75 Å². The molecule has 0 N–H and O–H groups in total. The molecule has 0 amide bonds. The highest BCUT2D eigenvalue weighted by atomic mass is 16.5. The van der Waals surface area contributed by atoms with Crippen molar-refractivity contribution in [2.75, 3.05) is 26.2 Å². The molecule has 0 saturated carbocycles. The van der Waals surface area contributed by atoms with Gasteiger partial charge in [0, 0.05) is 13.1 Å². The van der Waals surface area contributed by atoms with Crippen molar-refractivity contribution >= 4 is 0 Å². The van der Waals surface area contributed by atoms with Crippen molar-refractivity contribution in [3.8, 4) is 5.75 Å². The summed E-state index contributed by atoms with van der Waals surface area (Å²) in [6.07, 6.45) is 6.08. The number of aryl methyl sites for hydroxylation is 2. The highest BCUT2D eigenvalue weighted by molar-refractivity contribution is 5.35. The summed E-state index contributed by atoms with van der Waals surface area (Å²) in [5.74, 6) is 1.00. The van der Waals surface area contributed by atoms with Gasteiger partial charge in [-0.25, -0.2) is 0 Å². The fraction of sp³-hybridized carbons (Fsp3) is 0.444. The summed E-state index contributed by atoms with van der Waals surface area (Å²) < 4.78 is 5.83. The molecule has 20 heavy (non-hydrogen) atoms. The molecular formula is C18H27NO. The average molecular weight is 273 g/mol. The van der Waals surface area contributed by atoms with Gasteiger partial charge in [-0.05, 0) is 44.9 Å². The molecule has 110 valence electrons. The molecule has 0 heterocycles. The average Bonchev–Trinajstić information content (AvgIpc) is 2.41. The van der Waals surface area contributed by atoms with Gasteiger partial charge in [-0.15, -0.1) is 13.2 Å². The zero-order chi connectivity index (χ0) is 14.8. The molecule has 0 atom stereocenters. The highest BCUT2D eigenvalue weighted by Crippen LogP contribution is 2.18. The number of ether oxygens (including phenoxy) is 1. The standard InChI is InChI=1S/C18H27NO/c1-5-11-19(12-6-2)13-7-8-14-20-18-10-9-16(3)15-17(18)4/h5-6,9-10,15H,1-2,7-8,11-14H2,3-4H3. The molecule has 0 bridgehead atoms. The van der Waals surface area contributed by atoms with Crippen molar-refractivity contribution in [1.82, 2.24) is 4.90 Å². The lowest BCUT2D eigenvalue weighted by molar-refractivity contribution is 0.277. The Bertz CT molecular complexity index is 415. The zero-order valence-electron chi connectivity index (χ0n) is 12.9. The molecule has 2 nitrogen and oxygen atoms in total. The number of rotatable bonds is 10. The molecule has 0 aromatic heterocycles. The molecule has 0 aliphatic rings. The molecule has 0 spiro atoms. The van der Waals surface area contributed by atoms with E-state index in [2.05, 4.69) is 50.1 Å². The lowest BCUT2D eigenvalue weighted by atomic mass is 10.1. The minimum atomic E-state index is 0.778. The molecule has 1 aromatic rings. The van der Waals surface area contributed by atoms with Gasteiger partial charge < -0.3 is 4.74 Å². The second-order valence-electron chi connectivity index (χ2n) is 5.16. The van der Waals surface area contributed by atoms with Crippen LogP contribution in [-0.4, -0.2) is 31.1 Å². The lowest BCUT2D eigenvalue weighted by Gasteiger charge is -2.18. The van der Waals surface area contributed by atoms with Crippen LogP contribution >= 0.6 is 0 Å². The molecule has 0 fully saturated rings. The van der Waals surface area contributed by atoms with Gasteiger partial charge in [0.25, 0.3) is 0 Å². The quantitative estimate of drug-likeness (QED) is 0.469. The van der Waals surface area contributed by atoms with Gasteiger partial charge in [0.05, 0.1) is 6.61 Å². The summed E-state index contributed by atoms with van der Waals surface area (Å²) >= 11 is 0. The van der Waals surface area contributed by atoms with E-state index in [1.165, 1.54) is 11.1 Å². The van der Waals surface area contributed by atoms with Crippen molar-refractivity contribution in [2.24, 2.45) is 0 Å². The predicted molar refractivity (Wildman–Crippen MR) is 87.5 cm³/mol. The maximum absolute atomic E-state index is 5.83. The number of nitrogens with zero attached hydrogens (tertiary/aromatic N) is 1. The molecule has 0 saturated heterocycles. The van der Waals surface area contributed by atoms with Crippen LogP contribution in [0.2, 0.25) is 0 Å². The maximum atomic E-state index is 5.83. The Labute approximate surface area is 123 Å². The van der Waals surface area contributed by atoms with E-state index in [0.717, 1.165) is 44.8 Å². The summed E-state index contributed by atoms with van der Waals surface area (Å²) in [6, 6.07) is 6.32. The van der Waals surface area contributed by atoms with E-state index in [1.54, 1.807) is 0 Å². The highest BCUT2D eigenvalue weighted by Gasteiger charge is 2.02. The third kappa shape index (κ3) is 6.07. The first-order valence-corrected chi connectivity index (χ1v) is 7.31. The van der Waals surface area contributed by atoms with Crippen LogP contribution in [0.25, 0.3) is 0 Å². The molecular weight excluding hydrogens is 246 g/mol. The van der Waals surface area contributed by atoms with Crippen molar-refractivity contribution in [2.45, 2.75) is 26.7 Å². The van der Waals surface area contributed by atoms with Crippen molar-refractivity contribution < 1.29 is 4.74 Å². The topological polar surface area (TPSA) is 12.5 Å². The Morgan fingerprint density at radius 3 is 2.40 bits per heavy atom. The van der Waals surface area contributed by atoms with E-state index in [1.807, 2.05) is 12.2 Å². The van der Waals surface area contributed by atoms with Gasteiger partial charge in [0.15, 0.2) is 0 Å². The first-order chi connectivity index (χ1) is 9.67. The van der Waals surface area contributed by atoms with Crippen LogP contribution in [0.1, 0.15) is 24.0 Å². The van der Waals surface area contributed by atoms with Gasteiger partial charge in [0.2, 0.25) is 0 Å². The number of hydrogen-bond acceptors (Lipinski definition) is 2. The Hall–Kier alpha value is -1.54. The van der Waals surface area contributed by atoms with E-state index in [9.17, 15) is 0 Å². The third-order valence-electron chi connectivity index (χ3n) is 3.23. The summed E-state index contributed by atoms with van der Waals surface area (Å²) in [4.78, 5) is 2.33. The monoisotopic (exact) mass is 273 g/mol. The van der Waals surface area contributed by atoms with Gasteiger partial charge in [0.1, 0.15) is 5.75 Å². The Morgan fingerprint density at radius 1 is 1.10 bits per heavy atom. The summed E-state index contributed by atoms with van der Waals surface area (Å²) in [5, 5.41) is 0. The lowest BCUT2D eigenvalue weighted by Crippen LogP contribution is -2.25. The molecule has 1 aromatic carbocycles. The maximum Gasteiger partial charge on any atom is 0.122 e. The summed E-state index contributed by atoms with van der Waals surface area (Å²) in [6.45, 7) is 15.4. The molecule has 0 aliphatic heterocycles. The predicted octanol–water partition coefficient (Wildman–Crippen LogP) is 4.14. The van der Waals surface area contributed by atoms with Crippen LogP contribution in [0.15, 0.2) is 43.5 Å². The normalized spacial score (nSPS) is 10.6. The van der Waals surface area contributed by atoms with Gasteiger partial charge in [-0.2, -0.15) is 0 Å². The van der Waals surface area contributed by atoms with Crippen molar-refractivity contribution in [1.29, 1.82) is 0 Å². The Kier molecular flexibility index (Phi) is 7.74. The zero-order valence-corrected chi connectivity index (χ0v) is 12.9. The summed E-state index contributed by atoms with van der Waals surface area (Å²) in [5.41, 5.74) is 2.49. The van der Waals surface area contributed by atoms with E-state index >= 15 is 0 Å². The van der Waals surface area contributed by atoms with Crippen LogP contribution < -0.4 is 4.74 Å². The van der Waals surface area contributed by atoms with E-state index in [4.69, 9.17) is 4.74 Å². The van der Waals surface area contributed by atoms with Crippen LogP contribution in [0, 0.1) is 13.8 Å². The van der Waals surface area contributed by atoms with Crippen LogP contribution in [-0.2, 0) is 0 Å². The smallest absolute Gasteiger partial charge is 0.122 e.